The van der Waals surface area contributed by atoms with Gasteiger partial charge in [-0.2, -0.15) is 0 Å². The Hall–Kier alpha value is -3.28. The average molecular weight is 365 g/mol. The number of benzene rings is 2. The monoisotopic (exact) mass is 365 g/mol. The molecule has 1 N–H and O–H groups in total. The molecule has 6 nitrogen and oxygen atoms in total. The number of para-hydroxylation sites is 1. The lowest BCUT2D eigenvalue weighted by Gasteiger charge is -2.08. The summed E-state index contributed by atoms with van der Waals surface area (Å²) in [5.41, 5.74) is 3.33. The highest BCUT2D eigenvalue weighted by molar-refractivity contribution is 5.92. The van der Waals surface area contributed by atoms with Crippen LogP contribution >= 0.6 is 0 Å². The Labute approximate surface area is 158 Å². The van der Waals surface area contributed by atoms with Gasteiger partial charge in [-0.05, 0) is 43.2 Å². The van der Waals surface area contributed by atoms with Crippen LogP contribution in [0, 0.1) is 13.8 Å². The fraction of sp³-hybridized carbons (Fsp3) is 0.238. The Balaban J connectivity index is 1.85. The first kappa shape index (κ1) is 18.5. The molecular formula is C21H23N3O3. The van der Waals surface area contributed by atoms with Crippen LogP contribution < -0.4 is 15.6 Å². The number of amides is 1. The molecule has 0 aliphatic heterocycles. The molecule has 1 heterocycles. The largest absolute Gasteiger partial charge is 0.496 e. The SMILES string of the molecule is COc1ccc(CC(=O)Nc2c(C)n(C)n(-c3ccccc3)c2=O)cc1C. The lowest BCUT2D eigenvalue weighted by atomic mass is 10.1. The van der Waals surface area contributed by atoms with Gasteiger partial charge in [-0.3, -0.25) is 14.3 Å². The Morgan fingerprint density at radius 3 is 2.44 bits per heavy atom. The normalized spacial score (nSPS) is 10.7. The summed E-state index contributed by atoms with van der Waals surface area (Å²) in [5, 5.41) is 2.78. The van der Waals surface area contributed by atoms with E-state index in [1.165, 1.54) is 0 Å². The third kappa shape index (κ3) is 3.65. The van der Waals surface area contributed by atoms with Crippen molar-refractivity contribution in [2.45, 2.75) is 20.3 Å². The summed E-state index contributed by atoms with van der Waals surface area (Å²) in [4.78, 5) is 25.4. The minimum absolute atomic E-state index is 0.184. The van der Waals surface area contributed by atoms with E-state index in [0.717, 1.165) is 22.6 Å². The van der Waals surface area contributed by atoms with Crippen molar-refractivity contribution >= 4 is 11.6 Å². The number of nitrogens with one attached hydrogen (secondary N) is 1. The third-order valence-electron chi connectivity index (χ3n) is 4.64. The van der Waals surface area contributed by atoms with Crippen molar-refractivity contribution in [3.05, 3.63) is 75.7 Å². The van der Waals surface area contributed by atoms with Gasteiger partial charge in [-0.1, -0.05) is 30.3 Å². The molecule has 0 aliphatic carbocycles. The van der Waals surface area contributed by atoms with E-state index in [1.54, 1.807) is 23.5 Å². The minimum Gasteiger partial charge on any atom is -0.496 e. The molecule has 0 unspecified atom stereocenters. The molecule has 140 valence electrons. The van der Waals surface area contributed by atoms with Crippen molar-refractivity contribution < 1.29 is 9.53 Å². The van der Waals surface area contributed by atoms with Crippen LogP contribution in [0.5, 0.6) is 5.75 Å². The van der Waals surface area contributed by atoms with Gasteiger partial charge in [0.15, 0.2) is 0 Å². The molecule has 0 fully saturated rings. The van der Waals surface area contributed by atoms with Gasteiger partial charge >= 0.3 is 0 Å². The molecule has 1 aromatic heterocycles. The van der Waals surface area contributed by atoms with Gasteiger partial charge < -0.3 is 10.1 Å². The molecule has 3 rings (SSSR count). The smallest absolute Gasteiger partial charge is 0.295 e. The van der Waals surface area contributed by atoms with Gasteiger partial charge in [0.2, 0.25) is 5.91 Å². The number of ether oxygens (including phenoxy) is 1. The summed E-state index contributed by atoms with van der Waals surface area (Å²) in [5.74, 6) is 0.550. The van der Waals surface area contributed by atoms with Crippen molar-refractivity contribution in [2.75, 3.05) is 12.4 Å². The maximum Gasteiger partial charge on any atom is 0.295 e. The summed E-state index contributed by atoms with van der Waals surface area (Å²) in [6, 6.07) is 14.9. The van der Waals surface area contributed by atoms with E-state index in [-0.39, 0.29) is 17.9 Å². The predicted molar refractivity (Wildman–Crippen MR) is 106 cm³/mol. The standard InChI is InChI=1S/C21H23N3O3/c1-14-12-16(10-11-18(14)27-4)13-19(25)22-20-15(2)23(3)24(21(20)26)17-8-6-5-7-9-17/h5-12H,13H2,1-4H3,(H,22,25). The van der Waals surface area contributed by atoms with Gasteiger partial charge in [-0.25, -0.2) is 4.68 Å². The van der Waals surface area contributed by atoms with E-state index in [1.807, 2.05) is 62.4 Å². The fourth-order valence-electron chi connectivity index (χ4n) is 3.13. The van der Waals surface area contributed by atoms with Gasteiger partial charge in [0.05, 0.1) is 24.9 Å². The highest BCUT2D eigenvalue weighted by Crippen LogP contribution is 2.19. The van der Waals surface area contributed by atoms with E-state index in [0.29, 0.717) is 11.4 Å². The summed E-state index contributed by atoms with van der Waals surface area (Å²) in [6.07, 6.45) is 0.184. The van der Waals surface area contributed by atoms with E-state index in [2.05, 4.69) is 5.32 Å². The van der Waals surface area contributed by atoms with Crippen LogP contribution in [0.25, 0.3) is 5.69 Å². The summed E-state index contributed by atoms with van der Waals surface area (Å²) >= 11 is 0. The average Bonchev–Trinajstić information content (AvgIpc) is 2.86. The van der Waals surface area contributed by atoms with Crippen LogP contribution in [0.2, 0.25) is 0 Å². The topological polar surface area (TPSA) is 65.3 Å². The number of aryl methyl sites for hydroxylation is 1. The Morgan fingerprint density at radius 2 is 1.81 bits per heavy atom. The first-order valence-electron chi connectivity index (χ1n) is 8.69. The lowest BCUT2D eigenvalue weighted by Crippen LogP contribution is -2.23. The number of aromatic nitrogens is 2. The van der Waals surface area contributed by atoms with Crippen molar-refractivity contribution in [1.82, 2.24) is 9.36 Å². The zero-order valence-corrected chi connectivity index (χ0v) is 15.9. The second-order valence-electron chi connectivity index (χ2n) is 6.47. The first-order chi connectivity index (χ1) is 12.9. The molecular weight excluding hydrogens is 342 g/mol. The van der Waals surface area contributed by atoms with Crippen molar-refractivity contribution in [3.8, 4) is 11.4 Å². The van der Waals surface area contributed by atoms with Crippen LogP contribution in [0.4, 0.5) is 5.69 Å². The number of carbonyl (C=O) groups excluding carboxylic acids is 1. The fourth-order valence-corrected chi connectivity index (χ4v) is 3.13. The number of carbonyl (C=O) groups is 1. The Morgan fingerprint density at radius 1 is 1.11 bits per heavy atom. The van der Waals surface area contributed by atoms with E-state index in [9.17, 15) is 9.59 Å². The number of methoxy groups -OCH3 is 1. The third-order valence-corrected chi connectivity index (χ3v) is 4.64. The van der Waals surface area contributed by atoms with Crippen molar-refractivity contribution in [1.29, 1.82) is 0 Å². The second kappa shape index (κ2) is 7.53. The quantitative estimate of drug-likeness (QED) is 0.756. The van der Waals surface area contributed by atoms with Gasteiger partial charge in [0.1, 0.15) is 11.4 Å². The molecule has 0 radical (unpaired) electrons. The molecule has 0 atom stereocenters. The van der Waals surface area contributed by atoms with Crippen LogP contribution in [-0.2, 0) is 18.3 Å². The number of rotatable bonds is 5. The van der Waals surface area contributed by atoms with Crippen LogP contribution in [0.15, 0.2) is 53.3 Å². The summed E-state index contributed by atoms with van der Waals surface area (Å²) in [7, 11) is 3.41. The predicted octanol–water partition coefficient (Wildman–Crippen LogP) is 2.98. The van der Waals surface area contributed by atoms with Crippen LogP contribution in [0.1, 0.15) is 16.8 Å². The highest BCUT2D eigenvalue weighted by atomic mass is 16.5. The summed E-state index contributed by atoms with van der Waals surface area (Å²) < 4.78 is 8.53. The Kier molecular flexibility index (Phi) is 5.16. The van der Waals surface area contributed by atoms with Crippen molar-refractivity contribution in [2.24, 2.45) is 7.05 Å². The minimum atomic E-state index is -0.250. The van der Waals surface area contributed by atoms with E-state index < -0.39 is 0 Å². The van der Waals surface area contributed by atoms with Crippen LogP contribution in [0.3, 0.4) is 0 Å². The molecule has 3 aromatic rings. The summed E-state index contributed by atoms with van der Waals surface area (Å²) in [6.45, 7) is 3.74. The zero-order valence-electron chi connectivity index (χ0n) is 15.9. The second-order valence-corrected chi connectivity index (χ2v) is 6.47. The molecule has 1 amide bonds. The molecule has 0 saturated heterocycles. The van der Waals surface area contributed by atoms with E-state index in [4.69, 9.17) is 4.74 Å². The molecule has 0 bridgehead atoms. The molecule has 0 spiro atoms. The molecule has 0 aliphatic rings. The highest BCUT2D eigenvalue weighted by Gasteiger charge is 2.18. The zero-order chi connectivity index (χ0) is 19.6. The Bertz CT molecular complexity index is 1030. The number of hydrogen-bond donors (Lipinski definition) is 1. The van der Waals surface area contributed by atoms with Gasteiger partial charge in [0.25, 0.3) is 5.56 Å². The lowest BCUT2D eigenvalue weighted by molar-refractivity contribution is -0.115. The van der Waals surface area contributed by atoms with E-state index >= 15 is 0 Å². The van der Waals surface area contributed by atoms with Gasteiger partial charge in [0, 0.05) is 7.05 Å². The maximum atomic E-state index is 12.8. The molecule has 6 heteroatoms. The maximum absolute atomic E-state index is 12.8. The van der Waals surface area contributed by atoms with Crippen molar-refractivity contribution in [3.63, 3.8) is 0 Å². The van der Waals surface area contributed by atoms with Crippen LogP contribution in [-0.4, -0.2) is 22.4 Å². The van der Waals surface area contributed by atoms with Gasteiger partial charge in [-0.15, -0.1) is 0 Å². The number of anilines is 1. The molecule has 0 saturated carbocycles. The molecule has 27 heavy (non-hydrogen) atoms. The molecule has 2 aromatic carbocycles. The number of hydrogen-bond acceptors (Lipinski definition) is 3. The first-order valence-corrected chi connectivity index (χ1v) is 8.69. The number of nitrogens with zero attached hydrogens (tertiary/aromatic N) is 2.